The lowest BCUT2D eigenvalue weighted by molar-refractivity contribution is -0.137. The van der Waals surface area contributed by atoms with E-state index in [0.717, 1.165) is 16.3 Å². The number of halogens is 1. The number of nitrogens with zero attached hydrogens (tertiary/aromatic N) is 5. The summed E-state index contributed by atoms with van der Waals surface area (Å²) in [6.07, 6.45) is 1.12. The van der Waals surface area contributed by atoms with E-state index in [0.29, 0.717) is 17.5 Å². The van der Waals surface area contributed by atoms with E-state index in [1.807, 2.05) is 30.2 Å². The Labute approximate surface area is 196 Å². The number of hydrogen-bond donors (Lipinski definition) is 0. The molecule has 1 fully saturated rings. The number of allylic oxidation sites excluding steroid dienone is 1. The van der Waals surface area contributed by atoms with Crippen LogP contribution in [0, 0.1) is 5.82 Å². The van der Waals surface area contributed by atoms with Gasteiger partial charge in [-0.05, 0) is 25.1 Å². The Kier molecular flexibility index (Phi) is 5.15. The van der Waals surface area contributed by atoms with E-state index in [1.165, 1.54) is 11.0 Å². The van der Waals surface area contributed by atoms with Crippen LogP contribution in [0.15, 0.2) is 59.4 Å². The van der Waals surface area contributed by atoms with Crippen molar-refractivity contribution in [2.45, 2.75) is 25.7 Å². The first-order valence-corrected chi connectivity index (χ1v) is 10.7. The van der Waals surface area contributed by atoms with Crippen molar-refractivity contribution in [2.75, 3.05) is 26.2 Å². The molecule has 2 atom stereocenters. The first-order valence-electron chi connectivity index (χ1n) is 10.7. The van der Waals surface area contributed by atoms with Gasteiger partial charge in [0.2, 0.25) is 5.96 Å². The van der Waals surface area contributed by atoms with Crippen LogP contribution in [0.25, 0.3) is 0 Å². The van der Waals surface area contributed by atoms with Crippen LogP contribution in [0.2, 0.25) is 0 Å². The third kappa shape index (κ3) is 3.17. The molecule has 3 aliphatic rings. The van der Waals surface area contributed by atoms with Gasteiger partial charge in [0.15, 0.2) is 12.2 Å². The highest BCUT2D eigenvalue weighted by Gasteiger charge is 2.54. The molecule has 0 aliphatic carbocycles. The second-order valence-corrected chi connectivity index (χ2v) is 8.25. The largest absolute Gasteiger partial charge is 0.497 e. The van der Waals surface area contributed by atoms with Crippen molar-refractivity contribution in [3.8, 4) is 11.5 Å². The van der Waals surface area contributed by atoms with Crippen LogP contribution in [-0.4, -0.2) is 66.1 Å². The van der Waals surface area contributed by atoms with Gasteiger partial charge in [-0.3, -0.25) is 14.6 Å². The maximum atomic E-state index is 14.3. The van der Waals surface area contributed by atoms with E-state index >= 15 is 0 Å². The number of methoxy groups -OCH3 is 2. The number of fused-ring (bicyclic) bond motifs is 3. The molecule has 0 radical (unpaired) electrons. The van der Waals surface area contributed by atoms with E-state index in [9.17, 15) is 14.0 Å². The molecule has 10 heteroatoms. The summed E-state index contributed by atoms with van der Waals surface area (Å²) >= 11 is 0. The van der Waals surface area contributed by atoms with Crippen molar-refractivity contribution in [1.29, 1.82) is 0 Å². The van der Waals surface area contributed by atoms with Gasteiger partial charge in [0.25, 0.3) is 5.91 Å². The van der Waals surface area contributed by atoms with E-state index in [2.05, 4.69) is 0 Å². The van der Waals surface area contributed by atoms with Gasteiger partial charge >= 0.3 is 6.03 Å². The average molecular weight is 465 g/mol. The first-order chi connectivity index (χ1) is 16.3. The van der Waals surface area contributed by atoms with Crippen LogP contribution in [0.3, 0.4) is 0 Å². The van der Waals surface area contributed by atoms with Crippen molar-refractivity contribution < 1.29 is 23.5 Å². The molecule has 34 heavy (non-hydrogen) atoms. The molecule has 5 rings (SSSR count). The molecule has 3 amide bonds. The molecular weight excluding hydrogens is 441 g/mol. The minimum Gasteiger partial charge on any atom is -0.497 e. The summed E-state index contributed by atoms with van der Waals surface area (Å²) in [5.41, 5.74) is 1.82. The monoisotopic (exact) mass is 465 g/mol. The van der Waals surface area contributed by atoms with Gasteiger partial charge in [0, 0.05) is 30.6 Å². The molecular formula is C24H24FN5O4. The number of ether oxygens (including phenoxy) is 2. The molecule has 0 spiro atoms. The van der Waals surface area contributed by atoms with Crippen LogP contribution >= 0.6 is 0 Å². The van der Waals surface area contributed by atoms with Crippen LogP contribution < -0.4 is 14.4 Å². The zero-order chi connectivity index (χ0) is 24.1. The number of guanidine groups is 1. The van der Waals surface area contributed by atoms with Crippen molar-refractivity contribution in [1.82, 2.24) is 14.7 Å². The van der Waals surface area contributed by atoms with E-state index in [4.69, 9.17) is 14.5 Å². The van der Waals surface area contributed by atoms with E-state index in [-0.39, 0.29) is 12.1 Å². The number of likely N-dealkylation sites (N-methyl/N-ethyl adjacent to an activating group) is 1. The summed E-state index contributed by atoms with van der Waals surface area (Å²) in [6.45, 7) is 1.75. The Morgan fingerprint density at radius 3 is 2.56 bits per heavy atom. The van der Waals surface area contributed by atoms with Crippen molar-refractivity contribution >= 4 is 23.6 Å². The van der Waals surface area contributed by atoms with Gasteiger partial charge < -0.3 is 19.3 Å². The third-order valence-electron chi connectivity index (χ3n) is 6.30. The lowest BCUT2D eigenvalue weighted by atomic mass is 10.1. The second kappa shape index (κ2) is 8.05. The van der Waals surface area contributed by atoms with Gasteiger partial charge in [-0.1, -0.05) is 18.2 Å². The Hall–Kier alpha value is -4.08. The molecule has 3 heterocycles. The summed E-state index contributed by atoms with van der Waals surface area (Å²) < 4.78 is 25.1. The number of hydrogen-bond acceptors (Lipinski definition) is 7. The molecule has 9 nitrogen and oxygen atoms in total. The summed E-state index contributed by atoms with van der Waals surface area (Å²) in [6, 6.07) is 10.3. The smallest absolute Gasteiger partial charge is 0.328 e. The van der Waals surface area contributed by atoms with Gasteiger partial charge in [-0.25, -0.2) is 14.2 Å². The maximum absolute atomic E-state index is 14.3. The zero-order valence-electron chi connectivity index (χ0n) is 19.2. The maximum Gasteiger partial charge on any atom is 0.328 e. The quantitative estimate of drug-likeness (QED) is 0.676. The first kappa shape index (κ1) is 21.7. The Balaban J connectivity index is 1.49. The Morgan fingerprint density at radius 1 is 1.09 bits per heavy atom. The van der Waals surface area contributed by atoms with Crippen LogP contribution in [0.5, 0.6) is 11.5 Å². The van der Waals surface area contributed by atoms with Crippen LogP contribution in [0.4, 0.5) is 14.9 Å². The number of amides is 3. The van der Waals surface area contributed by atoms with Crippen LogP contribution in [0.1, 0.15) is 12.5 Å². The SMILES string of the molecule is COc1ccc(N2C(C)=CN3C2=NC2C3C(=O)N(Cc3ccccc3F)C(=O)N2C)c(OC)c1. The van der Waals surface area contributed by atoms with Gasteiger partial charge in [-0.2, -0.15) is 0 Å². The number of anilines is 1. The lowest BCUT2D eigenvalue weighted by Gasteiger charge is -2.40. The highest BCUT2D eigenvalue weighted by molar-refractivity contribution is 6.10. The molecule has 3 aliphatic heterocycles. The number of urea groups is 1. The molecule has 0 bridgehead atoms. The molecule has 0 N–H and O–H groups in total. The predicted octanol–water partition coefficient (Wildman–Crippen LogP) is 2.98. The molecule has 0 saturated carbocycles. The highest BCUT2D eigenvalue weighted by atomic mass is 19.1. The number of aliphatic imine (C=N–C) groups is 1. The van der Waals surface area contributed by atoms with Crippen LogP contribution in [-0.2, 0) is 11.3 Å². The molecule has 2 aromatic rings. The Morgan fingerprint density at radius 2 is 1.85 bits per heavy atom. The van der Waals surface area contributed by atoms with Crippen molar-refractivity contribution in [3.05, 3.63) is 65.7 Å². The fraction of sp³-hybridized carbons (Fsp3) is 0.292. The van der Waals surface area contributed by atoms with Crippen molar-refractivity contribution in [2.24, 2.45) is 4.99 Å². The number of benzene rings is 2. The zero-order valence-corrected chi connectivity index (χ0v) is 19.2. The number of carbonyl (C=O) groups excluding carboxylic acids is 2. The third-order valence-corrected chi connectivity index (χ3v) is 6.30. The summed E-state index contributed by atoms with van der Waals surface area (Å²) in [5, 5.41) is 0. The minimum atomic E-state index is -0.756. The summed E-state index contributed by atoms with van der Waals surface area (Å²) in [5.74, 6) is 0.832. The lowest BCUT2D eigenvalue weighted by Crippen LogP contribution is -2.63. The molecule has 0 aromatic heterocycles. The predicted molar refractivity (Wildman–Crippen MR) is 123 cm³/mol. The molecule has 1 saturated heterocycles. The second-order valence-electron chi connectivity index (χ2n) is 8.25. The standard InChI is InChI=1S/C24H24FN5O4/c1-14-12-28-20-21(26-23(28)30(14)18-10-9-16(33-3)11-19(18)34-4)27(2)24(32)29(22(20)31)13-15-7-5-6-8-17(15)25/h5-12,20-21H,13H2,1-4H3. The Bertz CT molecular complexity index is 1250. The fourth-order valence-corrected chi connectivity index (χ4v) is 4.56. The number of rotatable bonds is 5. The summed E-state index contributed by atoms with van der Waals surface area (Å²) in [7, 11) is 4.74. The molecule has 2 aromatic carbocycles. The van der Waals surface area contributed by atoms with Gasteiger partial charge in [-0.15, -0.1) is 0 Å². The van der Waals surface area contributed by atoms with E-state index < -0.39 is 30.0 Å². The summed E-state index contributed by atoms with van der Waals surface area (Å²) in [4.78, 5) is 37.5. The molecule has 176 valence electrons. The van der Waals surface area contributed by atoms with E-state index in [1.54, 1.807) is 50.4 Å². The van der Waals surface area contributed by atoms with Gasteiger partial charge in [0.05, 0.1) is 26.5 Å². The average Bonchev–Trinajstić information content (AvgIpc) is 3.35. The minimum absolute atomic E-state index is 0.153. The fourth-order valence-electron chi connectivity index (χ4n) is 4.56. The highest BCUT2D eigenvalue weighted by Crippen LogP contribution is 2.41. The number of imide groups is 1. The molecule has 2 unspecified atom stereocenters. The topological polar surface area (TPSA) is 77.9 Å². The number of carbonyl (C=O) groups is 2. The van der Waals surface area contributed by atoms with Crippen molar-refractivity contribution in [3.63, 3.8) is 0 Å². The normalized spacial score (nSPS) is 21.4. The van der Waals surface area contributed by atoms with Gasteiger partial charge in [0.1, 0.15) is 17.3 Å².